The third kappa shape index (κ3) is 3.81. The van der Waals surface area contributed by atoms with Gasteiger partial charge in [0.25, 0.3) is 0 Å². The van der Waals surface area contributed by atoms with Crippen LogP contribution in [0.2, 0.25) is 0 Å². The number of carbonyl (C=O) groups excluding carboxylic acids is 1. The lowest BCUT2D eigenvalue weighted by Gasteiger charge is -2.33. The molecule has 1 aromatic heterocycles. The molecular formula is C16H26N2OS. The maximum absolute atomic E-state index is 11.8. The van der Waals surface area contributed by atoms with Crippen molar-refractivity contribution in [3.8, 4) is 0 Å². The molecule has 4 heteroatoms. The van der Waals surface area contributed by atoms with E-state index in [-0.39, 0.29) is 5.91 Å². The fourth-order valence-corrected chi connectivity index (χ4v) is 3.81. The van der Waals surface area contributed by atoms with Crippen molar-refractivity contribution in [2.75, 3.05) is 5.32 Å². The highest BCUT2D eigenvalue weighted by atomic mass is 32.1. The highest BCUT2D eigenvalue weighted by molar-refractivity contribution is 7.15. The van der Waals surface area contributed by atoms with Crippen molar-refractivity contribution in [2.24, 2.45) is 17.3 Å². The molecule has 0 spiro atoms. The monoisotopic (exact) mass is 294 g/mol. The van der Waals surface area contributed by atoms with Crippen LogP contribution in [0.3, 0.4) is 0 Å². The molecule has 1 aliphatic carbocycles. The van der Waals surface area contributed by atoms with Crippen molar-refractivity contribution in [1.82, 2.24) is 4.98 Å². The molecule has 2 rings (SSSR count). The molecule has 1 aliphatic rings. The van der Waals surface area contributed by atoms with E-state index in [1.54, 1.807) is 11.3 Å². The predicted molar refractivity (Wildman–Crippen MR) is 85.2 cm³/mol. The standard InChI is InChI=1S/C16H26N2OS/c1-10(2)8-14(19)18-15-17-12-7-6-11(16(3,4)5)9-13(12)20-15/h10-11H,6-9H2,1-5H3,(H,17,18,19)/t11-/m0/s1. The van der Waals surface area contributed by atoms with Crippen LogP contribution < -0.4 is 5.32 Å². The van der Waals surface area contributed by atoms with Gasteiger partial charge in [-0.25, -0.2) is 4.98 Å². The molecule has 0 fully saturated rings. The van der Waals surface area contributed by atoms with Crippen molar-refractivity contribution in [3.63, 3.8) is 0 Å². The number of hydrogen-bond acceptors (Lipinski definition) is 3. The summed E-state index contributed by atoms with van der Waals surface area (Å²) in [5.74, 6) is 1.18. The van der Waals surface area contributed by atoms with Crippen LogP contribution in [0.15, 0.2) is 0 Å². The molecule has 1 atom stereocenters. The summed E-state index contributed by atoms with van der Waals surface area (Å²) in [4.78, 5) is 17.8. The second kappa shape index (κ2) is 5.84. The van der Waals surface area contributed by atoms with Crippen LogP contribution in [-0.2, 0) is 17.6 Å². The van der Waals surface area contributed by atoms with E-state index in [0.717, 1.165) is 23.9 Å². The lowest BCUT2D eigenvalue weighted by atomic mass is 9.73. The van der Waals surface area contributed by atoms with Gasteiger partial charge in [0.1, 0.15) is 0 Å². The summed E-state index contributed by atoms with van der Waals surface area (Å²) < 4.78 is 0. The molecular weight excluding hydrogens is 268 g/mol. The summed E-state index contributed by atoms with van der Waals surface area (Å²) in [6.45, 7) is 11.1. The van der Waals surface area contributed by atoms with Gasteiger partial charge in [-0.05, 0) is 36.5 Å². The Morgan fingerprint density at radius 3 is 2.75 bits per heavy atom. The number of anilines is 1. The lowest BCUT2D eigenvalue weighted by Crippen LogP contribution is -2.26. The average molecular weight is 294 g/mol. The summed E-state index contributed by atoms with van der Waals surface area (Å²) in [5, 5.41) is 3.74. The van der Waals surface area contributed by atoms with Crippen LogP contribution in [0, 0.1) is 17.3 Å². The third-order valence-electron chi connectivity index (χ3n) is 4.00. The molecule has 0 aromatic carbocycles. The molecule has 0 bridgehead atoms. The minimum Gasteiger partial charge on any atom is -0.302 e. The number of aromatic nitrogens is 1. The molecule has 1 aromatic rings. The van der Waals surface area contributed by atoms with Crippen molar-refractivity contribution in [2.45, 2.75) is 60.3 Å². The van der Waals surface area contributed by atoms with Gasteiger partial charge in [0, 0.05) is 11.3 Å². The maximum Gasteiger partial charge on any atom is 0.226 e. The first-order valence-corrected chi connectivity index (χ1v) is 8.35. The largest absolute Gasteiger partial charge is 0.302 e. The molecule has 20 heavy (non-hydrogen) atoms. The Hall–Kier alpha value is -0.900. The van der Waals surface area contributed by atoms with Crippen LogP contribution in [-0.4, -0.2) is 10.9 Å². The Labute approximate surface area is 126 Å². The van der Waals surface area contributed by atoms with Gasteiger partial charge in [-0.1, -0.05) is 34.6 Å². The van der Waals surface area contributed by atoms with E-state index in [0.29, 0.717) is 17.8 Å². The smallest absolute Gasteiger partial charge is 0.226 e. The number of carbonyl (C=O) groups is 1. The van der Waals surface area contributed by atoms with Crippen molar-refractivity contribution in [3.05, 3.63) is 10.6 Å². The van der Waals surface area contributed by atoms with E-state index >= 15 is 0 Å². The highest BCUT2D eigenvalue weighted by Gasteiger charge is 2.30. The molecule has 0 aliphatic heterocycles. The minimum absolute atomic E-state index is 0.0819. The van der Waals surface area contributed by atoms with E-state index in [1.807, 2.05) is 0 Å². The average Bonchev–Trinajstić information content (AvgIpc) is 2.66. The number of fused-ring (bicyclic) bond motifs is 1. The van der Waals surface area contributed by atoms with Gasteiger partial charge >= 0.3 is 0 Å². The molecule has 112 valence electrons. The Morgan fingerprint density at radius 2 is 2.15 bits per heavy atom. The summed E-state index contributed by atoms with van der Waals surface area (Å²) >= 11 is 1.67. The number of nitrogens with zero attached hydrogens (tertiary/aromatic N) is 1. The Kier molecular flexibility index (Phi) is 4.52. The SMILES string of the molecule is CC(C)CC(=O)Nc1nc2c(s1)C[C@@H](C(C)(C)C)CC2. The van der Waals surface area contributed by atoms with E-state index in [9.17, 15) is 4.79 Å². The summed E-state index contributed by atoms with van der Waals surface area (Å²) in [5.41, 5.74) is 1.55. The Bertz CT molecular complexity index is 485. The van der Waals surface area contributed by atoms with E-state index in [2.05, 4.69) is 44.9 Å². The quantitative estimate of drug-likeness (QED) is 0.904. The lowest BCUT2D eigenvalue weighted by molar-refractivity contribution is -0.116. The topological polar surface area (TPSA) is 42.0 Å². The van der Waals surface area contributed by atoms with E-state index in [1.165, 1.54) is 17.0 Å². The summed E-state index contributed by atoms with van der Waals surface area (Å²) in [6, 6.07) is 0. The number of hydrogen-bond donors (Lipinski definition) is 1. The second-order valence-corrected chi connectivity index (χ2v) is 8.42. The molecule has 1 heterocycles. The van der Waals surface area contributed by atoms with Crippen molar-refractivity contribution >= 4 is 22.4 Å². The molecule has 0 saturated carbocycles. The fraction of sp³-hybridized carbons (Fsp3) is 0.750. The van der Waals surface area contributed by atoms with Crippen LogP contribution in [0.5, 0.6) is 0 Å². The zero-order valence-corrected chi connectivity index (χ0v) is 14.1. The number of nitrogens with one attached hydrogen (secondary N) is 1. The van der Waals surface area contributed by atoms with Gasteiger partial charge in [-0.2, -0.15) is 0 Å². The molecule has 1 amide bonds. The van der Waals surface area contributed by atoms with Gasteiger partial charge in [0.2, 0.25) is 5.91 Å². The zero-order chi connectivity index (χ0) is 14.9. The van der Waals surface area contributed by atoms with Crippen LogP contribution in [0.25, 0.3) is 0 Å². The number of thiazole rings is 1. The molecule has 0 unspecified atom stereocenters. The highest BCUT2D eigenvalue weighted by Crippen LogP contribution is 2.40. The molecule has 0 radical (unpaired) electrons. The van der Waals surface area contributed by atoms with Gasteiger partial charge < -0.3 is 5.32 Å². The van der Waals surface area contributed by atoms with Gasteiger partial charge in [0.15, 0.2) is 5.13 Å². The number of rotatable bonds is 3. The van der Waals surface area contributed by atoms with Gasteiger partial charge in [0.05, 0.1) is 5.69 Å². The Balaban J connectivity index is 2.04. The summed E-state index contributed by atoms with van der Waals surface area (Å²) in [6.07, 6.45) is 3.93. The van der Waals surface area contributed by atoms with Crippen LogP contribution in [0.1, 0.15) is 58.0 Å². The normalized spacial score (nSPS) is 19.0. The first kappa shape index (κ1) is 15.5. The molecule has 0 saturated heterocycles. The molecule has 3 nitrogen and oxygen atoms in total. The predicted octanol–water partition coefficient (Wildman–Crippen LogP) is 4.28. The number of amides is 1. The summed E-state index contributed by atoms with van der Waals surface area (Å²) in [7, 11) is 0. The zero-order valence-electron chi connectivity index (χ0n) is 13.2. The van der Waals surface area contributed by atoms with Crippen molar-refractivity contribution < 1.29 is 4.79 Å². The molecule has 1 N–H and O–H groups in total. The second-order valence-electron chi connectivity index (χ2n) is 7.34. The van der Waals surface area contributed by atoms with Crippen LogP contribution >= 0.6 is 11.3 Å². The Morgan fingerprint density at radius 1 is 1.45 bits per heavy atom. The van der Waals surface area contributed by atoms with Gasteiger partial charge in [-0.3, -0.25) is 4.79 Å². The number of aryl methyl sites for hydroxylation is 1. The maximum atomic E-state index is 11.8. The first-order valence-electron chi connectivity index (χ1n) is 7.54. The minimum atomic E-state index is 0.0819. The van der Waals surface area contributed by atoms with Crippen molar-refractivity contribution in [1.29, 1.82) is 0 Å². The first-order chi connectivity index (χ1) is 9.25. The third-order valence-corrected chi connectivity index (χ3v) is 5.04. The van der Waals surface area contributed by atoms with Crippen LogP contribution in [0.4, 0.5) is 5.13 Å². The van der Waals surface area contributed by atoms with E-state index < -0.39 is 0 Å². The van der Waals surface area contributed by atoms with Gasteiger partial charge in [-0.15, -0.1) is 11.3 Å². The van der Waals surface area contributed by atoms with E-state index in [4.69, 9.17) is 0 Å². The fourth-order valence-electron chi connectivity index (χ4n) is 2.71.